The van der Waals surface area contributed by atoms with Gasteiger partial charge in [0, 0.05) is 23.6 Å². The molecule has 1 aliphatic rings. The van der Waals surface area contributed by atoms with Gasteiger partial charge in [-0.1, -0.05) is 0 Å². The molecule has 0 bridgehead atoms. The molecule has 0 aromatic heterocycles. The molecule has 0 aromatic rings. The zero-order chi connectivity index (χ0) is 11.5. The third kappa shape index (κ3) is 4.71. The predicted molar refractivity (Wildman–Crippen MR) is 65.6 cm³/mol. The van der Waals surface area contributed by atoms with Gasteiger partial charge in [-0.25, -0.2) is 0 Å². The van der Waals surface area contributed by atoms with Crippen molar-refractivity contribution in [1.82, 2.24) is 5.32 Å². The molecule has 0 aliphatic carbocycles. The molecular weight excluding hydrogens is 210 g/mol. The van der Waals surface area contributed by atoms with Crippen LogP contribution in [0.4, 0.5) is 0 Å². The van der Waals surface area contributed by atoms with E-state index in [0.717, 1.165) is 25.9 Å². The Kier molecular flexibility index (Phi) is 4.45. The van der Waals surface area contributed by atoms with Gasteiger partial charge in [0.2, 0.25) is 0 Å². The summed E-state index contributed by atoms with van der Waals surface area (Å²) in [5.41, 5.74) is 0.348. The van der Waals surface area contributed by atoms with Crippen molar-refractivity contribution in [2.45, 2.75) is 64.1 Å². The first kappa shape index (κ1) is 13.3. The Morgan fingerprint density at radius 3 is 2.20 bits per heavy atom. The maximum Gasteiger partial charge on any atom is 0.0609 e. The third-order valence-corrected chi connectivity index (χ3v) is 3.05. The highest BCUT2D eigenvalue weighted by Crippen LogP contribution is 2.30. The summed E-state index contributed by atoms with van der Waals surface area (Å²) in [6, 6.07) is 0. The smallest absolute Gasteiger partial charge is 0.0609 e. The lowest BCUT2D eigenvalue weighted by molar-refractivity contribution is -0.0211. The molecule has 90 valence electrons. The predicted octanol–water partition coefficient (Wildman–Crippen LogP) is 2.94. The number of hydrogen-bond donors (Lipinski definition) is 1. The Morgan fingerprint density at radius 1 is 1.20 bits per heavy atom. The molecule has 0 amide bonds. The van der Waals surface area contributed by atoms with Gasteiger partial charge in [-0.15, -0.1) is 11.6 Å². The van der Waals surface area contributed by atoms with E-state index < -0.39 is 0 Å². The van der Waals surface area contributed by atoms with Crippen molar-refractivity contribution in [1.29, 1.82) is 0 Å². The van der Waals surface area contributed by atoms with E-state index in [2.05, 4.69) is 33.0 Å². The van der Waals surface area contributed by atoms with Crippen molar-refractivity contribution in [3.8, 4) is 0 Å². The quantitative estimate of drug-likeness (QED) is 0.596. The second-order valence-corrected chi connectivity index (χ2v) is 6.21. The summed E-state index contributed by atoms with van der Waals surface area (Å²) in [5.74, 6) is 0.692. The largest absolute Gasteiger partial charge is 0.378 e. The third-order valence-electron chi connectivity index (χ3n) is 2.78. The first-order chi connectivity index (χ1) is 6.85. The Bertz CT molecular complexity index is 188. The van der Waals surface area contributed by atoms with Gasteiger partial charge in [-0.05, 0) is 47.0 Å². The number of nitrogens with one attached hydrogen (secondary N) is 1. The molecule has 0 aromatic carbocycles. The van der Waals surface area contributed by atoms with Crippen LogP contribution < -0.4 is 5.32 Å². The highest BCUT2D eigenvalue weighted by molar-refractivity contribution is 6.17. The summed E-state index contributed by atoms with van der Waals surface area (Å²) >= 11 is 5.64. The van der Waals surface area contributed by atoms with E-state index in [1.807, 2.05) is 0 Å². The first-order valence-corrected chi connectivity index (χ1v) is 6.35. The van der Waals surface area contributed by atoms with Crippen LogP contribution in [0.25, 0.3) is 0 Å². The fourth-order valence-electron chi connectivity index (χ4n) is 2.65. The van der Waals surface area contributed by atoms with E-state index in [-0.39, 0.29) is 11.1 Å². The summed E-state index contributed by atoms with van der Waals surface area (Å²) in [7, 11) is 0. The molecule has 1 N–H and O–H groups in total. The Morgan fingerprint density at radius 2 is 1.73 bits per heavy atom. The van der Waals surface area contributed by atoms with Gasteiger partial charge < -0.3 is 10.1 Å². The molecule has 1 rings (SSSR count). The molecule has 0 unspecified atom stereocenters. The second kappa shape index (κ2) is 5.03. The van der Waals surface area contributed by atoms with Crippen molar-refractivity contribution < 1.29 is 4.74 Å². The number of hydrogen-bond acceptors (Lipinski definition) is 2. The maximum absolute atomic E-state index is 5.87. The highest BCUT2D eigenvalue weighted by Gasteiger charge is 2.37. The minimum absolute atomic E-state index is 0.174. The zero-order valence-electron chi connectivity index (χ0n) is 10.4. The average Bonchev–Trinajstić information content (AvgIpc) is 1.98. The molecule has 1 heterocycles. The van der Waals surface area contributed by atoms with E-state index in [1.165, 1.54) is 0 Å². The number of ether oxygens (including phenoxy) is 1. The summed E-state index contributed by atoms with van der Waals surface area (Å²) in [6.45, 7) is 9.76. The van der Waals surface area contributed by atoms with Crippen LogP contribution in [0.5, 0.6) is 0 Å². The van der Waals surface area contributed by atoms with Gasteiger partial charge in [0.1, 0.15) is 0 Å². The summed E-state index contributed by atoms with van der Waals surface area (Å²) in [4.78, 5) is 0. The number of halogens is 1. The van der Waals surface area contributed by atoms with Crippen LogP contribution in [0.3, 0.4) is 0 Å². The molecule has 0 radical (unpaired) electrons. The van der Waals surface area contributed by atoms with Gasteiger partial charge in [0.15, 0.2) is 0 Å². The maximum atomic E-state index is 5.87. The Hall–Kier alpha value is 0.210. The zero-order valence-corrected chi connectivity index (χ0v) is 11.2. The van der Waals surface area contributed by atoms with Crippen LogP contribution in [0.15, 0.2) is 0 Å². The fourth-order valence-corrected chi connectivity index (χ4v) is 2.76. The molecule has 1 saturated heterocycles. The standard InChI is InChI=1S/C12H24ClNO/c1-11(2)8-10(15-7-5-6-13)9-12(3,4)14-11/h10,14H,5-9H2,1-4H3. The van der Waals surface area contributed by atoms with E-state index in [1.54, 1.807) is 0 Å². The minimum atomic E-state index is 0.174. The SMILES string of the molecule is CC1(C)CC(OCCCCl)CC(C)(C)N1. The lowest BCUT2D eigenvalue weighted by Gasteiger charge is -2.46. The Labute approximate surface area is 98.7 Å². The Balaban J connectivity index is 2.44. The van der Waals surface area contributed by atoms with E-state index in [4.69, 9.17) is 16.3 Å². The van der Waals surface area contributed by atoms with Gasteiger partial charge in [0.25, 0.3) is 0 Å². The van der Waals surface area contributed by atoms with Crippen molar-refractivity contribution in [2.75, 3.05) is 12.5 Å². The van der Waals surface area contributed by atoms with E-state index >= 15 is 0 Å². The van der Waals surface area contributed by atoms with Gasteiger partial charge in [-0.2, -0.15) is 0 Å². The molecular formula is C12H24ClNO. The molecule has 0 spiro atoms. The van der Waals surface area contributed by atoms with Crippen LogP contribution in [0.2, 0.25) is 0 Å². The molecule has 1 aliphatic heterocycles. The lowest BCUT2D eigenvalue weighted by atomic mass is 9.81. The summed E-state index contributed by atoms with van der Waals surface area (Å²) in [6.07, 6.45) is 3.49. The van der Waals surface area contributed by atoms with Crippen LogP contribution >= 0.6 is 11.6 Å². The number of rotatable bonds is 4. The van der Waals surface area contributed by atoms with Crippen LogP contribution in [-0.2, 0) is 4.74 Å². The normalized spacial score (nSPS) is 25.4. The molecule has 0 saturated carbocycles. The van der Waals surface area contributed by atoms with Gasteiger partial charge in [0.05, 0.1) is 6.10 Å². The minimum Gasteiger partial charge on any atom is -0.378 e. The number of alkyl halides is 1. The molecule has 3 heteroatoms. The fraction of sp³-hybridized carbons (Fsp3) is 1.00. The van der Waals surface area contributed by atoms with E-state index in [0.29, 0.717) is 12.0 Å². The molecule has 2 nitrogen and oxygen atoms in total. The van der Waals surface area contributed by atoms with Crippen LogP contribution in [0.1, 0.15) is 47.0 Å². The summed E-state index contributed by atoms with van der Waals surface area (Å²) in [5, 5.41) is 3.65. The number of piperidine rings is 1. The monoisotopic (exact) mass is 233 g/mol. The highest BCUT2D eigenvalue weighted by atomic mass is 35.5. The summed E-state index contributed by atoms with van der Waals surface area (Å²) < 4.78 is 5.87. The van der Waals surface area contributed by atoms with Crippen LogP contribution in [0, 0.1) is 0 Å². The van der Waals surface area contributed by atoms with Crippen molar-refractivity contribution in [2.24, 2.45) is 0 Å². The molecule has 1 fully saturated rings. The van der Waals surface area contributed by atoms with Gasteiger partial charge in [-0.3, -0.25) is 0 Å². The second-order valence-electron chi connectivity index (χ2n) is 5.84. The van der Waals surface area contributed by atoms with E-state index in [9.17, 15) is 0 Å². The average molecular weight is 234 g/mol. The van der Waals surface area contributed by atoms with Gasteiger partial charge >= 0.3 is 0 Å². The molecule has 15 heavy (non-hydrogen) atoms. The first-order valence-electron chi connectivity index (χ1n) is 5.82. The van der Waals surface area contributed by atoms with Crippen LogP contribution in [-0.4, -0.2) is 29.7 Å². The molecule has 0 atom stereocenters. The van der Waals surface area contributed by atoms with Crippen molar-refractivity contribution in [3.05, 3.63) is 0 Å². The van der Waals surface area contributed by atoms with Crippen molar-refractivity contribution in [3.63, 3.8) is 0 Å². The topological polar surface area (TPSA) is 21.3 Å². The van der Waals surface area contributed by atoms with Crippen molar-refractivity contribution >= 4 is 11.6 Å². The lowest BCUT2D eigenvalue weighted by Crippen LogP contribution is -2.59.